The van der Waals surface area contributed by atoms with Gasteiger partial charge in [0.2, 0.25) is 0 Å². The maximum absolute atomic E-state index is 14.1. The minimum atomic E-state index is -0.782. The van der Waals surface area contributed by atoms with Gasteiger partial charge in [-0.1, -0.05) is 60.7 Å². The summed E-state index contributed by atoms with van der Waals surface area (Å²) < 4.78 is 27.4. The Labute approximate surface area is 187 Å². The third-order valence-electron chi connectivity index (χ3n) is 5.88. The zero-order chi connectivity index (χ0) is 22.3. The number of anilines is 1. The largest absolute Gasteiger partial charge is 0.322 e. The Kier molecular flexibility index (Phi) is 7.12. The number of rotatable bonds is 6. The number of hydrogen-bond acceptors (Lipinski definition) is 2. The lowest BCUT2D eigenvalue weighted by Crippen LogP contribution is -2.48. The van der Waals surface area contributed by atoms with Crippen molar-refractivity contribution in [2.24, 2.45) is 0 Å². The number of halogens is 2. The highest BCUT2D eigenvalue weighted by Gasteiger charge is 2.28. The van der Waals surface area contributed by atoms with Gasteiger partial charge >= 0.3 is 6.03 Å². The number of urea groups is 1. The summed E-state index contributed by atoms with van der Waals surface area (Å²) in [5, 5.41) is 2.64. The highest BCUT2D eigenvalue weighted by Crippen LogP contribution is 2.23. The fourth-order valence-corrected chi connectivity index (χ4v) is 4.16. The van der Waals surface area contributed by atoms with Gasteiger partial charge in [-0.3, -0.25) is 4.90 Å². The summed E-state index contributed by atoms with van der Waals surface area (Å²) in [5.74, 6) is -1.46. The minimum absolute atomic E-state index is 0.0176. The standard InChI is InChI=1S/C26H27F2N3O/c27-22-11-12-25(24(28)17-22)29-26(32)31(19-21-9-5-2-6-10-21)23-13-15-30(16-14-23)18-20-7-3-1-4-8-20/h1-12,17,23H,13-16,18-19H2,(H,29,32). The second-order valence-electron chi connectivity index (χ2n) is 8.16. The Hall–Kier alpha value is -3.25. The maximum Gasteiger partial charge on any atom is 0.322 e. The normalized spacial score (nSPS) is 14.8. The van der Waals surface area contributed by atoms with E-state index >= 15 is 0 Å². The second-order valence-corrected chi connectivity index (χ2v) is 8.16. The molecule has 32 heavy (non-hydrogen) atoms. The Balaban J connectivity index is 1.45. The van der Waals surface area contributed by atoms with Crippen LogP contribution in [-0.2, 0) is 13.1 Å². The van der Waals surface area contributed by atoms with Gasteiger partial charge in [0.15, 0.2) is 0 Å². The Morgan fingerprint density at radius 1 is 0.906 bits per heavy atom. The molecule has 2 amide bonds. The minimum Gasteiger partial charge on any atom is -0.317 e. The van der Waals surface area contributed by atoms with Crippen molar-refractivity contribution in [1.29, 1.82) is 0 Å². The predicted molar refractivity (Wildman–Crippen MR) is 122 cm³/mol. The molecule has 0 radical (unpaired) electrons. The van der Waals surface area contributed by atoms with Crippen molar-refractivity contribution in [2.75, 3.05) is 18.4 Å². The van der Waals surface area contributed by atoms with E-state index in [1.165, 1.54) is 11.6 Å². The third kappa shape index (κ3) is 5.71. The van der Waals surface area contributed by atoms with Crippen LogP contribution in [0.5, 0.6) is 0 Å². The van der Waals surface area contributed by atoms with Crippen molar-refractivity contribution in [3.8, 4) is 0 Å². The van der Waals surface area contributed by atoms with Crippen LogP contribution in [0.4, 0.5) is 19.3 Å². The molecular formula is C26H27F2N3O. The van der Waals surface area contributed by atoms with Crippen LogP contribution in [0.2, 0.25) is 0 Å². The van der Waals surface area contributed by atoms with Gasteiger partial charge in [0.1, 0.15) is 11.6 Å². The lowest BCUT2D eigenvalue weighted by atomic mass is 10.0. The molecule has 1 saturated heterocycles. The quantitative estimate of drug-likeness (QED) is 0.542. The van der Waals surface area contributed by atoms with Gasteiger partial charge in [0, 0.05) is 38.3 Å². The zero-order valence-electron chi connectivity index (χ0n) is 17.9. The number of likely N-dealkylation sites (tertiary alicyclic amines) is 1. The molecule has 0 aliphatic carbocycles. The van der Waals surface area contributed by atoms with Crippen LogP contribution in [0, 0.1) is 11.6 Å². The van der Waals surface area contributed by atoms with Crippen molar-refractivity contribution in [3.63, 3.8) is 0 Å². The number of nitrogens with one attached hydrogen (secondary N) is 1. The van der Waals surface area contributed by atoms with Crippen LogP contribution in [0.25, 0.3) is 0 Å². The van der Waals surface area contributed by atoms with E-state index in [4.69, 9.17) is 0 Å². The van der Waals surface area contributed by atoms with Crippen molar-refractivity contribution in [3.05, 3.63) is 102 Å². The average Bonchev–Trinajstić information content (AvgIpc) is 2.81. The number of carbonyl (C=O) groups excluding carboxylic acids is 1. The summed E-state index contributed by atoms with van der Waals surface area (Å²) in [6, 6.07) is 22.9. The van der Waals surface area contributed by atoms with Crippen LogP contribution < -0.4 is 5.32 Å². The molecule has 1 N–H and O–H groups in total. The molecule has 1 fully saturated rings. The van der Waals surface area contributed by atoms with Gasteiger partial charge in [0.25, 0.3) is 0 Å². The number of hydrogen-bond donors (Lipinski definition) is 1. The Morgan fingerprint density at radius 3 is 2.16 bits per heavy atom. The van der Waals surface area contributed by atoms with Crippen LogP contribution in [0.1, 0.15) is 24.0 Å². The van der Waals surface area contributed by atoms with E-state index in [9.17, 15) is 13.6 Å². The molecule has 3 aromatic rings. The van der Waals surface area contributed by atoms with Gasteiger partial charge in [-0.15, -0.1) is 0 Å². The number of piperidine rings is 1. The first-order valence-electron chi connectivity index (χ1n) is 10.9. The summed E-state index contributed by atoms with van der Waals surface area (Å²) in [7, 11) is 0. The van der Waals surface area contributed by atoms with E-state index in [-0.39, 0.29) is 17.8 Å². The Morgan fingerprint density at radius 2 is 1.53 bits per heavy atom. The van der Waals surface area contributed by atoms with Crippen LogP contribution in [-0.4, -0.2) is 35.0 Å². The highest BCUT2D eigenvalue weighted by atomic mass is 19.1. The number of amides is 2. The van der Waals surface area contributed by atoms with Crippen LogP contribution in [0.15, 0.2) is 78.9 Å². The first-order valence-corrected chi connectivity index (χ1v) is 10.9. The van der Waals surface area contributed by atoms with Crippen molar-refractivity contribution < 1.29 is 13.6 Å². The molecule has 0 atom stereocenters. The monoisotopic (exact) mass is 435 g/mol. The SMILES string of the molecule is O=C(Nc1ccc(F)cc1F)N(Cc1ccccc1)C1CCN(Cc2ccccc2)CC1. The molecule has 1 aliphatic rings. The van der Waals surface area contributed by atoms with Gasteiger partial charge in [0.05, 0.1) is 5.69 Å². The fraction of sp³-hybridized carbons (Fsp3) is 0.269. The molecule has 3 aromatic carbocycles. The lowest BCUT2D eigenvalue weighted by molar-refractivity contribution is 0.120. The Bertz CT molecular complexity index is 1020. The van der Waals surface area contributed by atoms with Crippen LogP contribution >= 0.6 is 0 Å². The topological polar surface area (TPSA) is 35.6 Å². The predicted octanol–water partition coefficient (Wildman–Crippen LogP) is 5.66. The molecule has 0 saturated carbocycles. The first-order chi connectivity index (χ1) is 15.6. The summed E-state index contributed by atoms with van der Waals surface area (Å²) in [4.78, 5) is 17.3. The molecular weight excluding hydrogens is 408 g/mol. The molecule has 0 unspecified atom stereocenters. The molecule has 166 valence electrons. The van der Waals surface area contributed by atoms with Crippen LogP contribution in [0.3, 0.4) is 0 Å². The number of carbonyl (C=O) groups is 1. The molecule has 0 spiro atoms. The highest BCUT2D eigenvalue weighted by molar-refractivity contribution is 5.89. The van der Waals surface area contributed by atoms with E-state index in [2.05, 4.69) is 22.3 Å². The van der Waals surface area contributed by atoms with Gasteiger partial charge < -0.3 is 10.2 Å². The molecule has 1 aliphatic heterocycles. The van der Waals surface area contributed by atoms with Crippen molar-refractivity contribution in [2.45, 2.75) is 32.0 Å². The summed E-state index contributed by atoms with van der Waals surface area (Å²) in [6.07, 6.45) is 1.66. The van der Waals surface area contributed by atoms with Crippen molar-refractivity contribution in [1.82, 2.24) is 9.80 Å². The van der Waals surface area contributed by atoms with E-state index in [0.717, 1.165) is 50.2 Å². The molecule has 0 bridgehead atoms. The molecule has 4 nitrogen and oxygen atoms in total. The summed E-state index contributed by atoms with van der Waals surface area (Å²) in [6.45, 7) is 3.07. The zero-order valence-corrected chi connectivity index (χ0v) is 17.9. The van der Waals surface area contributed by atoms with Gasteiger partial charge in [-0.25, -0.2) is 13.6 Å². The molecule has 0 aromatic heterocycles. The number of nitrogens with zero attached hydrogens (tertiary/aromatic N) is 2. The third-order valence-corrected chi connectivity index (χ3v) is 5.88. The van der Waals surface area contributed by atoms with Crippen molar-refractivity contribution >= 4 is 11.7 Å². The summed E-state index contributed by atoms with van der Waals surface area (Å²) in [5.41, 5.74) is 2.27. The van der Waals surface area contributed by atoms with E-state index in [0.29, 0.717) is 6.54 Å². The molecule has 1 heterocycles. The number of benzene rings is 3. The first kappa shape index (κ1) is 22.0. The van der Waals surface area contributed by atoms with Gasteiger partial charge in [-0.2, -0.15) is 0 Å². The van der Waals surface area contributed by atoms with E-state index in [1.54, 1.807) is 4.90 Å². The van der Waals surface area contributed by atoms with Gasteiger partial charge in [-0.05, 0) is 36.1 Å². The lowest BCUT2D eigenvalue weighted by Gasteiger charge is -2.38. The van der Waals surface area contributed by atoms with E-state index in [1.807, 2.05) is 48.5 Å². The smallest absolute Gasteiger partial charge is 0.317 e. The molecule has 6 heteroatoms. The second kappa shape index (κ2) is 10.4. The van der Waals surface area contributed by atoms with E-state index < -0.39 is 11.6 Å². The summed E-state index contributed by atoms with van der Waals surface area (Å²) >= 11 is 0. The fourth-order valence-electron chi connectivity index (χ4n) is 4.16. The maximum atomic E-state index is 14.1. The average molecular weight is 436 g/mol. The molecule has 4 rings (SSSR count).